The SMILES string of the molecule is COC(=O)[C@@H]1Cc2ccccc2N1C(=O)c1cc(C(C)(C)C)nn1C. The first kappa shape index (κ1) is 17.2. The lowest BCUT2D eigenvalue weighted by Gasteiger charge is -2.23. The van der Waals surface area contributed by atoms with Gasteiger partial charge in [-0.25, -0.2) is 4.79 Å². The second kappa shape index (κ2) is 6.02. The Morgan fingerprint density at radius 2 is 1.92 bits per heavy atom. The molecule has 0 aliphatic carbocycles. The molecule has 1 aliphatic heterocycles. The Balaban J connectivity index is 2.05. The molecule has 1 aliphatic rings. The van der Waals surface area contributed by atoms with Crippen LogP contribution < -0.4 is 4.90 Å². The van der Waals surface area contributed by atoms with E-state index in [1.807, 2.05) is 45.0 Å². The number of esters is 1. The summed E-state index contributed by atoms with van der Waals surface area (Å²) in [6, 6.07) is 8.71. The zero-order valence-corrected chi connectivity index (χ0v) is 15.2. The predicted molar refractivity (Wildman–Crippen MR) is 94.7 cm³/mol. The number of rotatable bonds is 2. The highest BCUT2D eigenvalue weighted by atomic mass is 16.5. The molecule has 25 heavy (non-hydrogen) atoms. The molecule has 0 radical (unpaired) electrons. The summed E-state index contributed by atoms with van der Waals surface area (Å²) in [5, 5.41) is 4.47. The third kappa shape index (κ3) is 2.92. The van der Waals surface area contributed by atoms with Gasteiger partial charge < -0.3 is 4.74 Å². The molecule has 1 atom stereocenters. The van der Waals surface area contributed by atoms with Gasteiger partial charge in [-0.1, -0.05) is 39.0 Å². The van der Waals surface area contributed by atoms with E-state index in [9.17, 15) is 9.59 Å². The minimum atomic E-state index is -0.650. The van der Waals surface area contributed by atoms with Gasteiger partial charge in [-0.3, -0.25) is 14.4 Å². The Hall–Kier alpha value is -2.63. The van der Waals surface area contributed by atoms with E-state index in [0.717, 1.165) is 16.9 Å². The van der Waals surface area contributed by atoms with Crippen LogP contribution in [0.4, 0.5) is 5.69 Å². The fourth-order valence-electron chi connectivity index (χ4n) is 3.12. The number of carbonyl (C=O) groups excluding carboxylic acids is 2. The summed E-state index contributed by atoms with van der Waals surface area (Å²) in [7, 11) is 3.09. The lowest BCUT2D eigenvalue weighted by Crippen LogP contribution is -2.44. The summed E-state index contributed by atoms with van der Waals surface area (Å²) >= 11 is 0. The van der Waals surface area contributed by atoms with Crippen molar-refractivity contribution in [1.82, 2.24) is 9.78 Å². The number of aryl methyl sites for hydroxylation is 1. The lowest BCUT2D eigenvalue weighted by atomic mass is 9.92. The first-order valence-electron chi connectivity index (χ1n) is 8.28. The third-order valence-electron chi connectivity index (χ3n) is 4.54. The van der Waals surface area contributed by atoms with E-state index in [1.54, 1.807) is 17.8 Å². The standard InChI is InChI=1S/C19H23N3O3/c1-19(2,3)16-11-14(21(4)20-16)17(23)22-13-9-7-6-8-12(13)10-15(22)18(24)25-5/h6-9,11,15H,10H2,1-5H3/t15-/m0/s1. The number of ether oxygens (including phenoxy) is 1. The minimum absolute atomic E-state index is 0.166. The third-order valence-corrected chi connectivity index (χ3v) is 4.54. The topological polar surface area (TPSA) is 64.4 Å². The Bertz CT molecular complexity index is 833. The summed E-state index contributed by atoms with van der Waals surface area (Å²) in [5.41, 5.74) is 2.84. The highest BCUT2D eigenvalue weighted by molar-refractivity contribution is 6.10. The monoisotopic (exact) mass is 341 g/mol. The number of anilines is 1. The fraction of sp³-hybridized carbons (Fsp3) is 0.421. The Morgan fingerprint density at radius 3 is 2.52 bits per heavy atom. The molecule has 0 saturated heterocycles. The molecule has 3 rings (SSSR count). The first-order valence-corrected chi connectivity index (χ1v) is 8.28. The molecule has 0 bridgehead atoms. The second-order valence-corrected chi connectivity index (χ2v) is 7.34. The quantitative estimate of drug-likeness (QED) is 0.787. The van der Waals surface area contributed by atoms with Crippen LogP contribution in [0.25, 0.3) is 0 Å². The molecule has 1 amide bonds. The van der Waals surface area contributed by atoms with E-state index in [-0.39, 0.29) is 11.3 Å². The molecule has 6 nitrogen and oxygen atoms in total. The van der Waals surface area contributed by atoms with Crippen LogP contribution >= 0.6 is 0 Å². The normalized spacial score (nSPS) is 16.7. The van der Waals surface area contributed by atoms with Crippen LogP contribution in [0.15, 0.2) is 30.3 Å². The van der Waals surface area contributed by atoms with Gasteiger partial charge in [-0.2, -0.15) is 5.10 Å². The molecule has 2 aromatic rings. The van der Waals surface area contributed by atoms with Gasteiger partial charge in [-0.05, 0) is 17.7 Å². The highest BCUT2D eigenvalue weighted by Crippen LogP contribution is 2.34. The molecule has 0 saturated carbocycles. The van der Waals surface area contributed by atoms with E-state index < -0.39 is 12.0 Å². The molecule has 132 valence electrons. The fourth-order valence-corrected chi connectivity index (χ4v) is 3.12. The van der Waals surface area contributed by atoms with Crippen LogP contribution in [0.3, 0.4) is 0 Å². The van der Waals surface area contributed by atoms with E-state index >= 15 is 0 Å². The van der Waals surface area contributed by atoms with Crippen LogP contribution in [0.5, 0.6) is 0 Å². The maximum Gasteiger partial charge on any atom is 0.329 e. The van der Waals surface area contributed by atoms with Crippen LogP contribution in [0, 0.1) is 0 Å². The van der Waals surface area contributed by atoms with Crippen molar-refractivity contribution in [2.75, 3.05) is 12.0 Å². The highest BCUT2D eigenvalue weighted by Gasteiger charge is 2.40. The predicted octanol–water partition coefficient (Wildman–Crippen LogP) is 2.46. The van der Waals surface area contributed by atoms with Crippen molar-refractivity contribution in [3.63, 3.8) is 0 Å². The van der Waals surface area contributed by atoms with Gasteiger partial charge in [-0.15, -0.1) is 0 Å². The summed E-state index contributed by atoms with van der Waals surface area (Å²) in [6.45, 7) is 6.14. The summed E-state index contributed by atoms with van der Waals surface area (Å²) < 4.78 is 6.50. The van der Waals surface area contributed by atoms with Crippen LogP contribution in [-0.2, 0) is 28.4 Å². The summed E-state index contributed by atoms with van der Waals surface area (Å²) in [6.07, 6.45) is 0.457. The van der Waals surface area contributed by atoms with Crippen LogP contribution in [0.1, 0.15) is 42.5 Å². The van der Waals surface area contributed by atoms with Crippen molar-refractivity contribution in [2.45, 2.75) is 38.6 Å². The van der Waals surface area contributed by atoms with Gasteiger partial charge >= 0.3 is 5.97 Å². The zero-order valence-electron chi connectivity index (χ0n) is 15.2. The van der Waals surface area contributed by atoms with E-state index in [1.165, 1.54) is 12.0 Å². The molecule has 0 spiro atoms. The number of carbonyl (C=O) groups is 2. The maximum absolute atomic E-state index is 13.3. The number of benzene rings is 1. The van der Waals surface area contributed by atoms with E-state index in [0.29, 0.717) is 12.1 Å². The molecular formula is C19H23N3O3. The maximum atomic E-state index is 13.3. The Morgan fingerprint density at radius 1 is 1.24 bits per heavy atom. The second-order valence-electron chi connectivity index (χ2n) is 7.34. The summed E-state index contributed by atoms with van der Waals surface area (Å²) in [4.78, 5) is 27.0. The molecule has 0 N–H and O–H groups in total. The van der Waals surface area contributed by atoms with Gasteiger partial charge in [0.15, 0.2) is 0 Å². The van der Waals surface area contributed by atoms with Crippen LogP contribution in [-0.4, -0.2) is 34.8 Å². The van der Waals surface area contributed by atoms with E-state index in [2.05, 4.69) is 5.10 Å². The molecule has 1 aromatic heterocycles. The number of methoxy groups -OCH3 is 1. The van der Waals surface area contributed by atoms with Crippen molar-refractivity contribution < 1.29 is 14.3 Å². The van der Waals surface area contributed by atoms with Crippen molar-refractivity contribution in [1.29, 1.82) is 0 Å². The van der Waals surface area contributed by atoms with Gasteiger partial charge in [0.2, 0.25) is 0 Å². The minimum Gasteiger partial charge on any atom is -0.467 e. The van der Waals surface area contributed by atoms with Crippen molar-refractivity contribution >= 4 is 17.6 Å². The molecule has 0 fully saturated rings. The van der Waals surface area contributed by atoms with Gasteiger partial charge in [0.1, 0.15) is 11.7 Å². The molecule has 1 aromatic carbocycles. The number of aromatic nitrogens is 2. The number of amides is 1. The molecular weight excluding hydrogens is 318 g/mol. The molecule has 0 unspecified atom stereocenters. The first-order chi connectivity index (χ1) is 11.7. The number of fused-ring (bicyclic) bond motifs is 1. The molecule has 6 heteroatoms. The smallest absolute Gasteiger partial charge is 0.329 e. The average Bonchev–Trinajstić information content (AvgIpc) is 3.14. The van der Waals surface area contributed by atoms with Crippen molar-refractivity contribution in [2.24, 2.45) is 7.05 Å². The van der Waals surface area contributed by atoms with Crippen molar-refractivity contribution in [3.05, 3.63) is 47.3 Å². The number of nitrogens with zero attached hydrogens (tertiary/aromatic N) is 3. The zero-order chi connectivity index (χ0) is 18.4. The van der Waals surface area contributed by atoms with E-state index in [4.69, 9.17) is 4.74 Å². The van der Waals surface area contributed by atoms with Crippen molar-refractivity contribution in [3.8, 4) is 0 Å². The Labute approximate surface area is 147 Å². The number of para-hydroxylation sites is 1. The van der Waals surface area contributed by atoms with Gasteiger partial charge in [0.05, 0.1) is 12.8 Å². The number of hydrogen-bond acceptors (Lipinski definition) is 4. The largest absolute Gasteiger partial charge is 0.467 e. The average molecular weight is 341 g/mol. The summed E-state index contributed by atoms with van der Waals surface area (Å²) in [5.74, 6) is -0.659. The molecule has 2 heterocycles. The number of hydrogen-bond donors (Lipinski definition) is 0. The van der Waals surface area contributed by atoms with Gasteiger partial charge in [0.25, 0.3) is 5.91 Å². The van der Waals surface area contributed by atoms with Gasteiger partial charge in [0, 0.05) is 24.6 Å². The lowest BCUT2D eigenvalue weighted by molar-refractivity contribution is -0.141. The Kier molecular flexibility index (Phi) is 4.14. The van der Waals surface area contributed by atoms with Crippen LogP contribution in [0.2, 0.25) is 0 Å².